The predicted octanol–water partition coefficient (Wildman–Crippen LogP) is 1.42. The lowest BCUT2D eigenvalue weighted by atomic mass is 9.83. The summed E-state index contributed by atoms with van der Waals surface area (Å²) in [5.74, 6) is 0.984. The van der Waals surface area contributed by atoms with E-state index >= 15 is 0 Å². The van der Waals surface area contributed by atoms with Gasteiger partial charge in [-0.15, -0.1) is 0 Å². The standard InChI is InChI=1S/C13H25NO2/c14-11(8-9-4-2-1-3-5-9)13(16)12(15)10-6-7-10/h9-13,15-16H,1-8,14H2/t11-,12?,13?/m0/s1. The molecule has 3 atom stereocenters. The van der Waals surface area contributed by atoms with Crippen LogP contribution in [0.15, 0.2) is 0 Å². The van der Waals surface area contributed by atoms with E-state index in [4.69, 9.17) is 5.73 Å². The second-order valence-electron chi connectivity index (χ2n) is 5.72. The molecule has 0 amide bonds. The number of aliphatic hydroxyl groups is 2. The van der Waals surface area contributed by atoms with Crippen molar-refractivity contribution in [3.63, 3.8) is 0 Å². The van der Waals surface area contributed by atoms with Gasteiger partial charge in [-0.1, -0.05) is 32.1 Å². The van der Waals surface area contributed by atoms with E-state index in [0.717, 1.165) is 19.3 Å². The maximum absolute atomic E-state index is 9.95. The molecule has 2 fully saturated rings. The molecule has 0 bridgehead atoms. The summed E-state index contributed by atoms with van der Waals surface area (Å²) in [5, 5.41) is 19.8. The molecular formula is C13H25NO2. The Morgan fingerprint density at radius 3 is 2.19 bits per heavy atom. The Hall–Kier alpha value is -0.120. The first-order chi connectivity index (χ1) is 7.68. The third-order valence-electron chi connectivity index (χ3n) is 4.22. The Morgan fingerprint density at radius 1 is 1.00 bits per heavy atom. The van der Waals surface area contributed by atoms with E-state index in [-0.39, 0.29) is 6.04 Å². The number of hydrogen-bond donors (Lipinski definition) is 3. The van der Waals surface area contributed by atoms with E-state index in [2.05, 4.69) is 0 Å². The maximum Gasteiger partial charge on any atom is 0.0952 e. The molecule has 0 aromatic rings. The minimum atomic E-state index is -0.713. The van der Waals surface area contributed by atoms with Crippen LogP contribution in [-0.2, 0) is 0 Å². The van der Waals surface area contributed by atoms with E-state index < -0.39 is 12.2 Å². The van der Waals surface area contributed by atoms with Gasteiger partial charge in [0.2, 0.25) is 0 Å². The average molecular weight is 227 g/mol. The molecule has 2 aliphatic carbocycles. The van der Waals surface area contributed by atoms with Gasteiger partial charge in [0, 0.05) is 6.04 Å². The lowest BCUT2D eigenvalue weighted by Crippen LogP contribution is -2.45. The van der Waals surface area contributed by atoms with Gasteiger partial charge in [-0.05, 0) is 31.1 Å². The van der Waals surface area contributed by atoms with Gasteiger partial charge in [-0.2, -0.15) is 0 Å². The highest BCUT2D eigenvalue weighted by molar-refractivity contribution is 4.90. The van der Waals surface area contributed by atoms with Crippen molar-refractivity contribution in [3.05, 3.63) is 0 Å². The average Bonchev–Trinajstić information content (AvgIpc) is 3.12. The molecule has 2 unspecified atom stereocenters. The lowest BCUT2D eigenvalue weighted by molar-refractivity contribution is -0.0133. The van der Waals surface area contributed by atoms with Crippen molar-refractivity contribution in [2.75, 3.05) is 0 Å². The molecule has 0 aliphatic heterocycles. The first-order valence-electron chi connectivity index (χ1n) is 6.80. The Kier molecular flexibility index (Phi) is 4.22. The van der Waals surface area contributed by atoms with Crippen LogP contribution < -0.4 is 5.73 Å². The van der Waals surface area contributed by atoms with Gasteiger partial charge in [-0.3, -0.25) is 0 Å². The largest absolute Gasteiger partial charge is 0.390 e. The van der Waals surface area contributed by atoms with Crippen molar-refractivity contribution in [2.45, 2.75) is 69.6 Å². The molecule has 2 aliphatic rings. The van der Waals surface area contributed by atoms with Crippen molar-refractivity contribution in [1.29, 1.82) is 0 Å². The zero-order valence-corrected chi connectivity index (χ0v) is 10.0. The highest BCUT2D eigenvalue weighted by atomic mass is 16.3. The molecular weight excluding hydrogens is 202 g/mol. The molecule has 4 N–H and O–H groups in total. The fourth-order valence-corrected chi connectivity index (χ4v) is 2.92. The Morgan fingerprint density at radius 2 is 1.62 bits per heavy atom. The lowest BCUT2D eigenvalue weighted by Gasteiger charge is -2.29. The fourth-order valence-electron chi connectivity index (χ4n) is 2.92. The zero-order valence-electron chi connectivity index (χ0n) is 10.0. The van der Waals surface area contributed by atoms with Crippen LogP contribution in [0.4, 0.5) is 0 Å². The molecule has 0 heterocycles. The van der Waals surface area contributed by atoms with Crippen LogP contribution in [0.2, 0.25) is 0 Å². The van der Waals surface area contributed by atoms with Crippen molar-refractivity contribution in [1.82, 2.24) is 0 Å². The van der Waals surface area contributed by atoms with Crippen LogP contribution in [0, 0.1) is 11.8 Å². The summed E-state index contributed by atoms with van der Waals surface area (Å²) in [4.78, 5) is 0. The van der Waals surface area contributed by atoms with E-state index in [1.807, 2.05) is 0 Å². The van der Waals surface area contributed by atoms with Gasteiger partial charge >= 0.3 is 0 Å². The maximum atomic E-state index is 9.95. The van der Waals surface area contributed by atoms with E-state index in [9.17, 15) is 10.2 Å². The number of rotatable bonds is 5. The number of aliphatic hydroxyl groups excluding tert-OH is 2. The summed E-state index contributed by atoms with van der Waals surface area (Å²) in [7, 11) is 0. The summed E-state index contributed by atoms with van der Waals surface area (Å²) in [6, 6.07) is -0.237. The quantitative estimate of drug-likeness (QED) is 0.665. The Balaban J connectivity index is 1.74. The van der Waals surface area contributed by atoms with Gasteiger partial charge in [-0.25, -0.2) is 0 Å². The van der Waals surface area contributed by atoms with Crippen LogP contribution in [0.25, 0.3) is 0 Å². The van der Waals surface area contributed by atoms with E-state index in [1.54, 1.807) is 0 Å². The van der Waals surface area contributed by atoms with Gasteiger partial charge < -0.3 is 15.9 Å². The highest BCUT2D eigenvalue weighted by Gasteiger charge is 2.37. The summed E-state index contributed by atoms with van der Waals surface area (Å²) in [5.41, 5.74) is 6.00. The van der Waals surface area contributed by atoms with Gasteiger partial charge in [0.05, 0.1) is 12.2 Å². The highest BCUT2D eigenvalue weighted by Crippen LogP contribution is 2.35. The molecule has 0 saturated heterocycles. The molecule has 2 rings (SSSR count). The van der Waals surface area contributed by atoms with Crippen molar-refractivity contribution < 1.29 is 10.2 Å². The first-order valence-corrected chi connectivity index (χ1v) is 6.80. The second kappa shape index (κ2) is 5.48. The molecule has 0 spiro atoms. The molecule has 3 nitrogen and oxygen atoms in total. The third-order valence-corrected chi connectivity index (χ3v) is 4.22. The van der Waals surface area contributed by atoms with E-state index in [0.29, 0.717) is 11.8 Å². The molecule has 0 aromatic carbocycles. The van der Waals surface area contributed by atoms with Crippen LogP contribution in [0.1, 0.15) is 51.4 Å². The summed E-state index contributed by atoms with van der Waals surface area (Å²) < 4.78 is 0. The second-order valence-corrected chi connectivity index (χ2v) is 5.72. The first kappa shape index (κ1) is 12.3. The van der Waals surface area contributed by atoms with Crippen molar-refractivity contribution >= 4 is 0 Å². The summed E-state index contributed by atoms with van der Waals surface area (Å²) in [6.07, 6.45) is 8.14. The summed E-state index contributed by atoms with van der Waals surface area (Å²) >= 11 is 0. The minimum absolute atomic E-state index is 0.237. The SMILES string of the molecule is N[C@@H](CC1CCCCC1)C(O)C(O)C1CC1. The number of nitrogens with two attached hydrogens (primary N) is 1. The molecule has 16 heavy (non-hydrogen) atoms. The molecule has 0 aromatic heterocycles. The number of hydrogen-bond acceptors (Lipinski definition) is 3. The minimum Gasteiger partial charge on any atom is -0.390 e. The van der Waals surface area contributed by atoms with Crippen molar-refractivity contribution in [2.24, 2.45) is 17.6 Å². The Labute approximate surface area is 98.0 Å². The normalized spacial score (nSPS) is 28.7. The monoisotopic (exact) mass is 227 g/mol. The summed E-state index contributed by atoms with van der Waals surface area (Å²) in [6.45, 7) is 0. The van der Waals surface area contributed by atoms with Crippen LogP contribution in [-0.4, -0.2) is 28.5 Å². The topological polar surface area (TPSA) is 66.5 Å². The van der Waals surface area contributed by atoms with Gasteiger partial charge in [0.1, 0.15) is 0 Å². The molecule has 94 valence electrons. The zero-order chi connectivity index (χ0) is 11.5. The van der Waals surface area contributed by atoms with E-state index in [1.165, 1.54) is 32.1 Å². The smallest absolute Gasteiger partial charge is 0.0952 e. The molecule has 2 saturated carbocycles. The Bertz CT molecular complexity index is 212. The fraction of sp³-hybridized carbons (Fsp3) is 1.00. The molecule has 0 radical (unpaired) electrons. The van der Waals surface area contributed by atoms with Crippen LogP contribution in [0.5, 0.6) is 0 Å². The van der Waals surface area contributed by atoms with Crippen LogP contribution in [0.3, 0.4) is 0 Å². The van der Waals surface area contributed by atoms with Crippen LogP contribution >= 0.6 is 0 Å². The molecule has 3 heteroatoms. The third kappa shape index (κ3) is 3.19. The van der Waals surface area contributed by atoms with Gasteiger partial charge in [0.25, 0.3) is 0 Å². The van der Waals surface area contributed by atoms with Crippen molar-refractivity contribution in [3.8, 4) is 0 Å². The van der Waals surface area contributed by atoms with Gasteiger partial charge in [0.15, 0.2) is 0 Å². The predicted molar refractivity (Wildman–Crippen MR) is 63.9 cm³/mol.